The minimum absolute atomic E-state index is 0.0104. The molecule has 1 aromatic heterocycles. The van der Waals surface area contributed by atoms with E-state index in [2.05, 4.69) is 11.9 Å². The largest absolute Gasteiger partial charge is 0.481 e. The molecule has 0 aliphatic heterocycles. The first-order valence-electron chi connectivity index (χ1n) is 4.50. The smallest absolute Gasteiger partial charge is 0.309 e. The maximum atomic E-state index is 10.4. The average molecular weight is 214 g/mol. The van der Waals surface area contributed by atoms with E-state index in [9.17, 15) is 4.79 Å². The molecule has 0 fully saturated rings. The van der Waals surface area contributed by atoms with Crippen LogP contribution in [0.2, 0.25) is 0 Å². The Morgan fingerprint density at radius 3 is 3.00 bits per heavy atom. The number of hydrogen-bond donors (Lipinski definition) is 1. The van der Waals surface area contributed by atoms with Crippen LogP contribution < -0.4 is 4.90 Å². The minimum atomic E-state index is -0.833. The molecular formula is C9H14N2O2S. The second-order valence-corrected chi connectivity index (χ2v) is 3.95. The molecule has 1 rings (SSSR count). The Balaban J connectivity index is 2.62. The molecule has 0 aromatic carbocycles. The average Bonchev–Trinajstić information content (AvgIpc) is 2.52. The summed E-state index contributed by atoms with van der Waals surface area (Å²) < 4.78 is 0. The number of carbonyl (C=O) groups is 1. The maximum Gasteiger partial charge on any atom is 0.309 e. The molecule has 1 N–H and O–H groups in total. The molecule has 4 nitrogen and oxygen atoms in total. The fourth-order valence-corrected chi connectivity index (χ4v) is 1.96. The molecule has 0 bridgehead atoms. The Hall–Kier alpha value is -1.10. The molecule has 1 heterocycles. The maximum absolute atomic E-state index is 10.4. The Bertz CT molecular complexity index is 312. The van der Waals surface area contributed by atoms with Crippen molar-refractivity contribution in [3.05, 3.63) is 11.1 Å². The zero-order valence-electron chi connectivity index (χ0n) is 8.36. The molecule has 0 spiro atoms. The third-order valence-corrected chi connectivity index (χ3v) is 2.76. The van der Waals surface area contributed by atoms with Gasteiger partial charge in [-0.2, -0.15) is 0 Å². The zero-order valence-corrected chi connectivity index (χ0v) is 9.17. The monoisotopic (exact) mass is 214 g/mol. The number of hydrogen-bond acceptors (Lipinski definition) is 4. The van der Waals surface area contributed by atoms with Crippen LogP contribution in [0.1, 0.15) is 19.0 Å². The van der Waals surface area contributed by atoms with E-state index < -0.39 is 5.97 Å². The first-order valence-corrected chi connectivity index (χ1v) is 5.38. The Morgan fingerprint density at radius 2 is 2.43 bits per heavy atom. The number of carboxylic acid groups (broad SMARTS) is 1. The first-order chi connectivity index (χ1) is 6.63. The van der Waals surface area contributed by atoms with E-state index in [0.29, 0.717) is 5.69 Å². The molecule has 78 valence electrons. The molecule has 0 aliphatic rings. The lowest BCUT2D eigenvalue weighted by Gasteiger charge is -2.13. The van der Waals surface area contributed by atoms with Gasteiger partial charge >= 0.3 is 5.97 Å². The van der Waals surface area contributed by atoms with E-state index in [0.717, 1.165) is 18.1 Å². The number of carboxylic acids is 1. The van der Waals surface area contributed by atoms with Crippen molar-refractivity contribution >= 4 is 22.4 Å². The van der Waals surface area contributed by atoms with E-state index in [1.807, 2.05) is 11.9 Å². The van der Waals surface area contributed by atoms with Gasteiger partial charge in [-0.05, 0) is 6.42 Å². The predicted octanol–water partition coefficient (Wildman–Crippen LogP) is 1.62. The van der Waals surface area contributed by atoms with Gasteiger partial charge in [0.25, 0.3) is 0 Å². The highest BCUT2D eigenvalue weighted by Gasteiger charge is 2.08. The summed E-state index contributed by atoms with van der Waals surface area (Å²) in [5.41, 5.74) is 0.639. The SMILES string of the molecule is CCCN(C)c1nc(CC(=O)O)cs1. The highest BCUT2D eigenvalue weighted by Crippen LogP contribution is 2.19. The van der Waals surface area contributed by atoms with Gasteiger partial charge in [0.15, 0.2) is 5.13 Å². The van der Waals surface area contributed by atoms with Crippen LogP contribution in [0.15, 0.2) is 5.38 Å². The van der Waals surface area contributed by atoms with E-state index in [-0.39, 0.29) is 6.42 Å². The molecule has 0 saturated heterocycles. The van der Waals surface area contributed by atoms with Crippen LogP contribution in [0.25, 0.3) is 0 Å². The molecule has 1 aromatic rings. The number of aromatic nitrogens is 1. The quantitative estimate of drug-likeness (QED) is 0.809. The van der Waals surface area contributed by atoms with Gasteiger partial charge in [-0.25, -0.2) is 4.98 Å². The van der Waals surface area contributed by atoms with Gasteiger partial charge in [-0.3, -0.25) is 4.79 Å². The fraction of sp³-hybridized carbons (Fsp3) is 0.556. The van der Waals surface area contributed by atoms with Gasteiger partial charge in [0.1, 0.15) is 0 Å². The molecule has 5 heteroatoms. The summed E-state index contributed by atoms with van der Waals surface area (Å²) >= 11 is 1.49. The van der Waals surface area contributed by atoms with E-state index in [4.69, 9.17) is 5.11 Å². The Kier molecular flexibility index (Phi) is 3.88. The van der Waals surface area contributed by atoms with Crippen molar-refractivity contribution in [1.29, 1.82) is 0 Å². The van der Waals surface area contributed by atoms with Gasteiger partial charge in [-0.15, -0.1) is 11.3 Å². The Labute approximate surface area is 87.2 Å². The van der Waals surface area contributed by atoms with Crippen LogP contribution in [-0.4, -0.2) is 29.7 Å². The number of rotatable bonds is 5. The standard InChI is InChI=1S/C9H14N2O2S/c1-3-4-11(2)9-10-7(6-14-9)5-8(12)13/h6H,3-5H2,1-2H3,(H,12,13). The molecule has 0 aliphatic carbocycles. The van der Waals surface area contributed by atoms with Gasteiger partial charge in [0.2, 0.25) is 0 Å². The van der Waals surface area contributed by atoms with Crippen LogP contribution in [0.3, 0.4) is 0 Å². The van der Waals surface area contributed by atoms with Crippen molar-refractivity contribution in [2.75, 3.05) is 18.5 Å². The van der Waals surface area contributed by atoms with Crippen LogP contribution in [0.5, 0.6) is 0 Å². The summed E-state index contributed by atoms with van der Waals surface area (Å²) in [6.07, 6.45) is 1.07. The Morgan fingerprint density at radius 1 is 1.71 bits per heavy atom. The lowest BCUT2D eigenvalue weighted by Crippen LogP contribution is -2.17. The highest BCUT2D eigenvalue weighted by atomic mass is 32.1. The fourth-order valence-electron chi connectivity index (χ4n) is 1.14. The number of thiazole rings is 1. The number of anilines is 1. The molecule has 0 saturated carbocycles. The van der Waals surface area contributed by atoms with Gasteiger partial charge < -0.3 is 10.0 Å². The second-order valence-electron chi connectivity index (χ2n) is 3.11. The first kappa shape index (κ1) is 11.0. The summed E-state index contributed by atoms with van der Waals surface area (Å²) in [7, 11) is 1.97. The van der Waals surface area contributed by atoms with Crippen LogP contribution >= 0.6 is 11.3 Å². The molecular weight excluding hydrogens is 200 g/mol. The van der Waals surface area contributed by atoms with E-state index in [1.54, 1.807) is 5.38 Å². The van der Waals surface area contributed by atoms with Crippen molar-refractivity contribution in [1.82, 2.24) is 4.98 Å². The predicted molar refractivity (Wildman–Crippen MR) is 57.0 cm³/mol. The van der Waals surface area contributed by atoms with Crippen molar-refractivity contribution in [2.24, 2.45) is 0 Å². The van der Waals surface area contributed by atoms with Crippen molar-refractivity contribution < 1.29 is 9.90 Å². The van der Waals surface area contributed by atoms with Crippen LogP contribution in [0, 0.1) is 0 Å². The minimum Gasteiger partial charge on any atom is -0.481 e. The number of nitrogens with zero attached hydrogens (tertiary/aromatic N) is 2. The molecule has 0 atom stereocenters. The summed E-state index contributed by atoms with van der Waals surface area (Å²) in [5, 5.41) is 11.3. The summed E-state index contributed by atoms with van der Waals surface area (Å²) in [4.78, 5) is 16.7. The van der Waals surface area contributed by atoms with Crippen LogP contribution in [-0.2, 0) is 11.2 Å². The van der Waals surface area contributed by atoms with Gasteiger partial charge in [0.05, 0.1) is 12.1 Å². The van der Waals surface area contributed by atoms with Gasteiger partial charge in [0, 0.05) is 19.0 Å². The highest BCUT2D eigenvalue weighted by molar-refractivity contribution is 7.13. The van der Waals surface area contributed by atoms with Crippen molar-refractivity contribution in [3.63, 3.8) is 0 Å². The van der Waals surface area contributed by atoms with Gasteiger partial charge in [-0.1, -0.05) is 6.92 Å². The molecule has 0 amide bonds. The second kappa shape index (κ2) is 4.95. The zero-order chi connectivity index (χ0) is 10.6. The molecule has 14 heavy (non-hydrogen) atoms. The summed E-state index contributed by atoms with van der Waals surface area (Å²) in [6.45, 7) is 3.04. The van der Waals surface area contributed by atoms with E-state index >= 15 is 0 Å². The number of aliphatic carboxylic acids is 1. The van der Waals surface area contributed by atoms with Crippen molar-refractivity contribution in [3.8, 4) is 0 Å². The topological polar surface area (TPSA) is 53.4 Å². The molecule has 0 unspecified atom stereocenters. The molecule has 0 radical (unpaired) electrons. The normalized spacial score (nSPS) is 10.1. The third-order valence-electron chi connectivity index (χ3n) is 1.76. The van der Waals surface area contributed by atoms with Crippen LogP contribution in [0.4, 0.5) is 5.13 Å². The van der Waals surface area contributed by atoms with Crippen molar-refractivity contribution in [2.45, 2.75) is 19.8 Å². The lowest BCUT2D eigenvalue weighted by molar-refractivity contribution is -0.136. The van der Waals surface area contributed by atoms with E-state index in [1.165, 1.54) is 11.3 Å². The summed E-state index contributed by atoms with van der Waals surface area (Å²) in [5.74, 6) is -0.833. The summed E-state index contributed by atoms with van der Waals surface area (Å²) in [6, 6.07) is 0. The lowest BCUT2D eigenvalue weighted by atomic mass is 10.3. The third kappa shape index (κ3) is 2.99.